The predicted octanol–water partition coefficient (Wildman–Crippen LogP) is 1.08. The molecule has 0 heterocycles. The van der Waals surface area contributed by atoms with Crippen LogP contribution in [0.2, 0.25) is 0 Å². The Morgan fingerprint density at radius 2 is 1.50 bits per heavy atom. The number of nitrogen functional groups attached to an aromatic ring is 1. The van der Waals surface area contributed by atoms with Crippen LogP contribution in [0, 0.1) is 0 Å². The van der Waals surface area contributed by atoms with Gasteiger partial charge in [-0.25, -0.2) is 0 Å². The van der Waals surface area contributed by atoms with Gasteiger partial charge in [-0.2, -0.15) is 16.8 Å². The molecule has 2 aromatic rings. The van der Waals surface area contributed by atoms with E-state index in [0.717, 1.165) is 6.07 Å². The Morgan fingerprint density at radius 3 is 2.00 bits per heavy atom. The second kappa shape index (κ2) is 5.00. The van der Waals surface area contributed by atoms with E-state index in [2.05, 4.69) is 0 Å². The zero-order valence-corrected chi connectivity index (χ0v) is 11.6. The van der Waals surface area contributed by atoms with Gasteiger partial charge in [0.2, 0.25) is 0 Å². The summed E-state index contributed by atoms with van der Waals surface area (Å²) in [5.74, 6) is 0. The van der Waals surface area contributed by atoms with Crippen molar-refractivity contribution in [2.75, 3.05) is 5.73 Å². The van der Waals surface area contributed by atoms with Gasteiger partial charge in [-0.15, -0.1) is 0 Å². The van der Waals surface area contributed by atoms with Crippen molar-refractivity contribution in [3.63, 3.8) is 0 Å². The minimum Gasteiger partial charge on any atom is -0.399 e. The van der Waals surface area contributed by atoms with Gasteiger partial charge in [0.25, 0.3) is 20.2 Å². The van der Waals surface area contributed by atoms with Crippen LogP contribution < -0.4 is 11.9 Å². The third-order valence-corrected chi connectivity index (χ3v) is 4.21. The van der Waals surface area contributed by atoms with Crippen molar-refractivity contribution in [1.29, 1.82) is 0 Å². The molecule has 0 aliphatic rings. The Bertz CT molecular complexity index is 874. The normalized spacial score (nSPS) is 12.1. The number of anilines is 1. The van der Waals surface area contributed by atoms with Crippen molar-refractivity contribution in [1.82, 2.24) is 6.15 Å². The highest BCUT2D eigenvalue weighted by atomic mass is 32.2. The quantitative estimate of drug-likeness (QED) is 0.470. The van der Waals surface area contributed by atoms with E-state index >= 15 is 0 Å². The third-order valence-electron chi connectivity index (χ3n) is 2.49. The predicted molar refractivity (Wildman–Crippen MR) is 73.0 cm³/mol. The van der Waals surface area contributed by atoms with E-state index in [4.69, 9.17) is 14.8 Å². The summed E-state index contributed by atoms with van der Waals surface area (Å²) in [4.78, 5) is -1.26. The van der Waals surface area contributed by atoms with Crippen molar-refractivity contribution in [3.05, 3.63) is 30.3 Å². The summed E-state index contributed by atoms with van der Waals surface area (Å²) in [5.41, 5.74) is 5.76. The summed E-state index contributed by atoms with van der Waals surface area (Å²) in [6, 6.07) is 5.86. The summed E-state index contributed by atoms with van der Waals surface area (Å²) in [5, 5.41) is 0.270. The lowest BCUT2D eigenvalue weighted by Crippen LogP contribution is -2.04. The first kappa shape index (κ1) is 16.3. The van der Waals surface area contributed by atoms with Crippen molar-refractivity contribution in [2.24, 2.45) is 0 Å². The van der Waals surface area contributed by atoms with E-state index in [1.165, 1.54) is 18.2 Å². The van der Waals surface area contributed by atoms with Crippen LogP contribution in [0.15, 0.2) is 40.1 Å². The average Bonchev–Trinajstić information content (AvgIpc) is 2.24. The van der Waals surface area contributed by atoms with E-state index in [1.54, 1.807) is 0 Å². The Balaban J connectivity index is 0.00000200. The molecule has 0 atom stereocenters. The van der Waals surface area contributed by atoms with Gasteiger partial charge >= 0.3 is 0 Å². The van der Waals surface area contributed by atoms with Crippen molar-refractivity contribution in [2.45, 2.75) is 9.79 Å². The number of rotatable bonds is 2. The molecule has 110 valence electrons. The number of nitrogens with two attached hydrogens (primary N) is 1. The fourth-order valence-corrected chi connectivity index (χ4v) is 3.03. The highest BCUT2D eigenvalue weighted by Gasteiger charge is 2.20. The molecular formula is C10H12N2O6S2. The van der Waals surface area contributed by atoms with Crippen LogP contribution in [0.25, 0.3) is 10.8 Å². The molecule has 0 aliphatic carbocycles. The van der Waals surface area contributed by atoms with E-state index in [1.807, 2.05) is 0 Å². The molecule has 0 spiro atoms. The SMILES string of the molecule is N.Nc1ccc2cc(S(=O)(=O)O)cc(S(=O)(=O)O)c2c1. The maximum Gasteiger partial charge on any atom is 0.295 e. The molecule has 2 aromatic carbocycles. The molecule has 0 saturated heterocycles. The number of hydrogen-bond acceptors (Lipinski definition) is 6. The molecule has 0 saturated carbocycles. The fourth-order valence-electron chi connectivity index (χ4n) is 1.68. The Morgan fingerprint density at radius 1 is 0.900 bits per heavy atom. The summed E-state index contributed by atoms with van der Waals surface area (Å²) >= 11 is 0. The van der Waals surface area contributed by atoms with Crippen LogP contribution in [0.3, 0.4) is 0 Å². The summed E-state index contributed by atoms with van der Waals surface area (Å²) in [6.07, 6.45) is 0. The lowest BCUT2D eigenvalue weighted by Gasteiger charge is -2.07. The number of benzene rings is 2. The van der Waals surface area contributed by atoms with E-state index < -0.39 is 30.0 Å². The minimum atomic E-state index is -4.66. The average molecular weight is 320 g/mol. The first-order valence-corrected chi connectivity index (χ1v) is 7.75. The molecular weight excluding hydrogens is 308 g/mol. The van der Waals surface area contributed by atoms with Gasteiger partial charge in [0, 0.05) is 11.1 Å². The summed E-state index contributed by atoms with van der Waals surface area (Å²) < 4.78 is 62.8. The summed E-state index contributed by atoms with van der Waals surface area (Å²) in [7, 11) is -9.25. The zero-order chi connectivity index (χ0) is 14.4. The van der Waals surface area contributed by atoms with Gasteiger partial charge in [0.05, 0.1) is 4.90 Å². The van der Waals surface area contributed by atoms with Gasteiger partial charge < -0.3 is 11.9 Å². The molecule has 0 aliphatic heterocycles. The van der Waals surface area contributed by atoms with Crippen LogP contribution in [0.1, 0.15) is 0 Å². The minimum absolute atomic E-state index is 0. The van der Waals surface area contributed by atoms with Gasteiger partial charge in [-0.1, -0.05) is 6.07 Å². The van der Waals surface area contributed by atoms with Crippen LogP contribution in [-0.2, 0) is 20.2 Å². The van der Waals surface area contributed by atoms with E-state index in [-0.39, 0.29) is 22.6 Å². The van der Waals surface area contributed by atoms with Crippen molar-refractivity contribution < 1.29 is 25.9 Å². The first-order chi connectivity index (χ1) is 8.59. The van der Waals surface area contributed by atoms with Crippen LogP contribution in [-0.4, -0.2) is 25.9 Å². The molecule has 0 amide bonds. The Labute approximate surface area is 115 Å². The van der Waals surface area contributed by atoms with Crippen LogP contribution >= 0.6 is 0 Å². The van der Waals surface area contributed by atoms with Gasteiger partial charge in [0.15, 0.2) is 0 Å². The zero-order valence-electron chi connectivity index (χ0n) is 10.0. The molecule has 0 bridgehead atoms. The van der Waals surface area contributed by atoms with Crippen LogP contribution in [0.4, 0.5) is 5.69 Å². The maximum absolute atomic E-state index is 11.3. The molecule has 10 heteroatoms. The highest BCUT2D eigenvalue weighted by molar-refractivity contribution is 7.86. The molecule has 0 unspecified atom stereocenters. The van der Waals surface area contributed by atoms with Crippen molar-refractivity contribution >= 4 is 36.7 Å². The van der Waals surface area contributed by atoms with E-state index in [9.17, 15) is 16.8 Å². The van der Waals surface area contributed by atoms with Crippen LogP contribution in [0.5, 0.6) is 0 Å². The lowest BCUT2D eigenvalue weighted by atomic mass is 10.1. The largest absolute Gasteiger partial charge is 0.399 e. The van der Waals surface area contributed by atoms with Crippen molar-refractivity contribution in [3.8, 4) is 0 Å². The van der Waals surface area contributed by atoms with Gasteiger partial charge in [-0.3, -0.25) is 9.11 Å². The number of fused-ring (bicyclic) bond motifs is 1. The molecule has 2 rings (SSSR count). The molecule has 7 N–H and O–H groups in total. The molecule has 8 nitrogen and oxygen atoms in total. The third kappa shape index (κ3) is 3.05. The Hall–Kier alpha value is -1.72. The standard InChI is InChI=1S/C10H9NO6S2.H3N/c11-7-2-1-6-3-8(18(12,13)14)5-10(9(6)4-7)19(15,16)17;/h1-5H,11H2,(H,12,13,14)(H,15,16,17);1H3. The summed E-state index contributed by atoms with van der Waals surface area (Å²) in [6.45, 7) is 0. The second-order valence-corrected chi connectivity index (χ2v) is 6.66. The second-order valence-electron chi connectivity index (χ2n) is 3.85. The topological polar surface area (TPSA) is 170 Å². The smallest absolute Gasteiger partial charge is 0.295 e. The molecule has 0 aromatic heterocycles. The fraction of sp³-hybridized carbons (Fsp3) is 0. The monoisotopic (exact) mass is 320 g/mol. The molecule has 0 radical (unpaired) electrons. The van der Waals surface area contributed by atoms with Gasteiger partial charge in [-0.05, 0) is 29.7 Å². The first-order valence-electron chi connectivity index (χ1n) is 4.87. The van der Waals surface area contributed by atoms with E-state index in [0.29, 0.717) is 6.07 Å². The Kier molecular flexibility index (Phi) is 4.08. The lowest BCUT2D eigenvalue weighted by molar-refractivity contribution is 0.482. The number of hydrogen-bond donors (Lipinski definition) is 4. The highest BCUT2D eigenvalue weighted by Crippen LogP contribution is 2.28. The molecule has 20 heavy (non-hydrogen) atoms. The maximum atomic E-state index is 11.3. The molecule has 0 fully saturated rings. The van der Waals surface area contributed by atoms with Gasteiger partial charge in [0.1, 0.15) is 4.90 Å².